The maximum Gasteiger partial charge on any atom is 0.417 e. The molecule has 3 aromatic rings. The first-order chi connectivity index (χ1) is 24.6. The van der Waals surface area contributed by atoms with E-state index in [0.717, 1.165) is 6.07 Å². The minimum Gasteiger partial charge on any atom is -0.206 e. The number of hydrogen-bond acceptors (Lipinski definition) is 8. The van der Waals surface area contributed by atoms with Crippen LogP contribution in [-0.2, 0) is 12.4 Å². The molecule has 246 valence electrons. The molecule has 0 heterocycles. The third-order valence-electron chi connectivity index (χ3n) is 8.02. The Bertz CT molecular complexity index is 2670. The second-order valence-electron chi connectivity index (χ2n) is 10.5. The molecule has 2 aliphatic rings. The van der Waals surface area contributed by atoms with Gasteiger partial charge in [0.2, 0.25) is 0 Å². The summed E-state index contributed by atoms with van der Waals surface area (Å²) in [4.78, 5) is 0. The molecule has 5 rings (SSSR count). The Kier molecular flexibility index (Phi) is 8.45. The molecule has 0 radical (unpaired) electrons. The SMILES string of the molecule is N#CC(C#N)=C1C(c2ccc(C(F)(F)F)c(C#N)c2)=C(C#N)c2c(F)c3c(c(F)c21)C(C#N)=C(c1ccc(C#N)c(C(F)(F)F)c1)C3=C(C#N)C#N. The standard InChI is InChI=1S/C36H6F8N8/c37-33-29-21(13-51)25(15-3-4-23(35(39,40)41)18(5-15)8-46)27(19(9-47)10-48)31(29)34(38)30-22(14-52)26(28(32(30)33)20(11-49)12-50)16-1-2-17(7-45)24(6-16)36(42,43)44/h1-6H. The van der Waals surface area contributed by atoms with Crippen LogP contribution in [0.5, 0.6) is 0 Å². The average molecular weight is 702 g/mol. The summed E-state index contributed by atoms with van der Waals surface area (Å²) in [7, 11) is 0. The van der Waals surface area contributed by atoms with Crippen LogP contribution >= 0.6 is 0 Å². The predicted molar refractivity (Wildman–Crippen MR) is 160 cm³/mol. The largest absolute Gasteiger partial charge is 0.417 e. The van der Waals surface area contributed by atoms with Crippen molar-refractivity contribution in [2.45, 2.75) is 12.4 Å². The normalized spacial score (nSPS) is 13.0. The van der Waals surface area contributed by atoms with E-state index >= 15 is 8.78 Å². The highest BCUT2D eigenvalue weighted by Gasteiger charge is 2.45. The molecule has 0 atom stereocenters. The zero-order chi connectivity index (χ0) is 38.4. The first-order valence-corrected chi connectivity index (χ1v) is 13.8. The van der Waals surface area contributed by atoms with Crippen molar-refractivity contribution in [3.8, 4) is 48.6 Å². The van der Waals surface area contributed by atoms with Gasteiger partial charge < -0.3 is 0 Å². The Labute approximate surface area is 286 Å². The molecule has 0 spiro atoms. The van der Waals surface area contributed by atoms with Gasteiger partial charge in [-0.1, -0.05) is 12.1 Å². The molecule has 16 heteroatoms. The van der Waals surface area contributed by atoms with Gasteiger partial charge >= 0.3 is 12.4 Å². The lowest BCUT2D eigenvalue weighted by Gasteiger charge is -2.15. The van der Waals surface area contributed by atoms with Crippen molar-refractivity contribution in [2.75, 3.05) is 0 Å². The fourth-order valence-corrected chi connectivity index (χ4v) is 6.02. The van der Waals surface area contributed by atoms with E-state index in [1.807, 2.05) is 0 Å². The van der Waals surface area contributed by atoms with Crippen LogP contribution in [-0.4, -0.2) is 0 Å². The Morgan fingerprint density at radius 1 is 0.462 bits per heavy atom. The summed E-state index contributed by atoms with van der Waals surface area (Å²) in [5.74, 6) is -3.33. The lowest BCUT2D eigenvalue weighted by atomic mass is 9.88. The molecule has 0 aromatic heterocycles. The Morgan fingerprint density at radius 3 is 1.23 bits per heavy atom. The van der Waals surface area contributed by atoms with E-state index in [1.165, 1.54) is 42.5 Å². The molecular weight excluding hydrogens is 696 g/mol. The summed E-state index contributed by atoms with van der Waals surface area (Å²) in [5, 5.41) is 78.6. The van der Waals surface area contributed by atoms with E-state index in [4.69, 9.17) is 0 Å². The fraction of sp³-hybridized carbons (Fsp3) is 0.0556. The monoisotopic (exact) mass is 702 g/mol. The molecule has 0 unspecified atom stereocenters. The number of hydrogen-bond donors (Lipinski definition) is 0. The minimum absolute atomic E-state index is 0.359. The van der Waals surface area contributed by atoms with Crippen molar-refractivity contribution in [1.82, 2.24) is 0 Å². The van der Waals surface area contributed by atoms with Crippen LogP contribution in [0.2, 0.25) is 0 Å². The summed E-state index contributed by atoms with van der Waals surface area (Å²) in [6.07, 6.45) is -10.2. The van der Waals surface area contributed by atoms with E-state index < -0.39 is 124 Å². The van der Waals surface area contributed by atoms with Gasteiger partial charge in [0.05, 0.1) is 45.5 Å². The molecule has 3 aromatic carbocycles. The van der Waals surface area contributed by atoms with Crippen LogP contribution in [0, 0.1) is 102 Å². The number of alkyl halides is 6. The number of fused-ring (bicyclic) bond motifs is 2. The van der Waals surface area contributed by atoms with E-state index in [9.17, 15) is 68.4 Å². The highest BCUT2D eigenvalue weighted by molar-refractivity contribution is 6.30. The molecule has 0 N–H and O–H groups in total. The van der Waals surface area contributed by atoms with Crippen LogP contribution < -0.4 is 0 Å². The molecule has 0 fully saturated rings. The maximum absolute atomic E-state index is 17.1. The molecule has 0 bridgehead atoms. The Morgan fingerprint density at radius 2 is 0.865 bits per heavy atom. The third kappa shape index (κ3) is 5.06. The van der Waals surface area contributed by atoms with Gasteiger partial charge in [-0.05, 0) is 35.4 Å². The number of rotatable bonds is 2. The van der Waals surface area contributed by atoms with Crippen molar-refractivity contribution in [3.63, 3.8) is 0 Å². The molecule has 52 heavy (non-hydrogen) atoms. The van der Waals surface area contributed by atoms with Crippen molar-refractivity contribution in [1.29, 1.82) is 42.1 Å². The van der Waals surface area contributed by atoms with Crippen LogP contribution in [0.1, 0.15) is 55.6 Å². The first-order valence-electron chi connectivity index (χ1n) is 13.8. The Balaban J connectivity index is 2.00. The van der Waals surface area contributed by atoms with E-state index in [-0.39, 0.29) is 0 Å². The Hall–Kier alpha value is -8.02. The summed E-state index contributed by atoms with van der Waals surface area (Å²) in [6, 6.07) is 15.1. The van der Waals surface area contributed by atoms with Crippen LogP contribution in [0.15, 0.2) is 47.5 Å². The average Bonchev–Trinajstić information content (AvgIpc) is 3.65. The minimum atomic E-state index is -5.17. The maximum atomic E-state index is 17.1. The smallest absolute Gasteiger partial charge is 0.206 e. The molecular formula is C36H6F8N8. The number of benzene rings is 3. The van der Waals surface area contributed by atoms with Gasteiger partial charge in [-0.25, -0.2) is 8.78 Å². The summed E-state index contributed by atoms with van der Waals surface area (Å²) in [6.45, 7) is 0. The van der Waals surface area contributed by atoms with Crippen LogP contribution in [0.3, 0.4) is 0 Å². The fourth-order valence-electron chi connectivity index (χ4n) is 6.02. The van der Waals surface area contributed by atoms with Gasteiger partial charge in [0.15, 0.2) is 0 Å². The van der Waals surface area contributed by atoms with Crippen molar-refractivity contribution in [2.24, 2.45) is 0 Å². The lowest BCUT2D eigenvalue weighted by Crippen LogP contribution is -2.08. The number of nitriles is 8. The molecule has 2 aliphatic carbocycles. The molecule has 0 aliphatic heterocycles. The van der Waals surface area contributed by atoms with Crippen molar-refractivity contribution in [3.05, 3.63) is 115 Å². The molecule has 0 saturated heterocycles. The highest BCUT2D eigenvalue weighted by Crippen LogP contribution is 2.57. The van der Waals surface area contributed by atoms with Gasteiger partial charge in [-0.2, -0.15) is 68.4 Å². The summed E-state index contributed by atoms with van der Waals surface area (Å²) >= 11 is 0. The van der Waals surface area contributed by atoms with Gasteiger partial charge in [0, 0.05) is 44.5 Å². The highest BCUT2D eigenvalue weighted by atomic mass is 19.4. The van der Waals surface area contributed by atoms with Crippen LogP contribution in [0.4, 0.5) is 35.1 Å². The number of nitrogens with zero attached hydrogens (tertiary/aromatic N) is 8. The zero-order valence-corrected chi connectivity index (χ0v) is 25.1. The van der Waals surface area contributed by atoms with Gasteiger partial charge in [0.25, 0.3) is 0 Å². The number of allylic oxidation sites excluding steroid dienone is 8. The van der Waals surface area contributed by atoms with Gasteiger partial charge in [-0.3, -0.25) is 0 Å². The van der Waals surface area contributed by atoms with E-state index in [1.54, 1.807) is 6.07 Å². The number of halogens is 8. The van der Waals surface area contributed by atoms with Gasteiger partial charge in [-0.15, -0.1) is 0 Å². The van der Waals surface area contributed by atoms with Crippen molar-refractivity contribution >= 4 is 33.4 Å². The molecule has 8 nitrogen and oxygen atoms in total. The van der Waals surface area contributed by atoms with E-state index in [2.05, 4.69) is 0 Å². The molecule has 0 amide bonds. The summed E-state index contributed by atoms with van der Waals surface area (Å²) < 4.78 is 117. The lowest BCUT2D eigenvalue weighted by molar-refractivity contribution is -0.138. The van der Waals surface area contributed by atoms with E-state index in [0.29, 0.717) is 30.3 Å². The predicted octanol–water partition coefficient (Wildman–Crippen LogP) is 8.24. The van der Waals surface area contributed by atoms with Crippen LogP contribution in [0.25, 0.3) is 33.4 Å². The zero-order valence-electron chi connectivity index (χ0n) is 25.1. The second kappa shape index (κ2) is 12.5. The van der Waals surface area contributed by atoms with Crippen molar-refractivity contribution < 1.29 is 35.1 Å². The third-order valence-corrected chi connectivity index (χ3v) is 8.02. The topological polar surface area (TPSA) is 190 Å². The quantitative estimate of drug-likeness (QED) is 0.188. The molecule has 0 saturated carbocycles. The first kappa shape index (κ1) is 35.3. The van der Waals surface area contributed by atoms with Gasteiger partial charge in [0.1, 0.15) is 59.2 Å². The summed E-state index contributed by atoms with van der Waals surface area (Å²) in [5.41, 5.74) is -17.1. The second-order valence-corrected chi connectivity index (χ2v) is 10.5.